The molecular weight excluding hydrogens is 354 g/mol. The molecule has 138 valence electrons. The SMILES string of the molecule is CN1C(=O)CCc2cc(C(=O)Nc3ccc(OCCN)cc3)ccc21.Cl. The van der Waals surface area contributed by atoms with Crippen LogP contribution in [-0.4, -0.2) is 32.0 Å². The number of ether oxygens (including phenoxy) is 1. The molecule has 0 unspecified atom stereocenters. The topological polar surface area (TPSA) is 84.7 Å². The maximum absolute atomic E-state index is 12.5. The second-order valence-corrected chi connectivity index (χ2v) is 5.91. The molecule has 2 aromatic carbocycles. The number of benzene rings is 2. The molecule has 0 aromatic heterocycles. The molecule has 3 N–H and O–H groups in total. The van der Waals surface area contributed by atoms with Crippen LogP contribution < -0.4 is 20.7 Å². The van der Waals surface area contributed by atoms with Crippen LogP contribution in [0.4, 0.5) is 11.4 Å². The molecule has 0 saturated heterocycles. The summed E-state index contributed by atoms with van der Waals surface area (Å²) < 4.78 is 5.41. The van der Waals surface area contributed by atoms with Crippen molar-refractivity contribution in [3.8, 4) is 5.75 Å². The molecule has 26 heavy (non-hydrogen) atoms. The van der Waals surface area contributed by atoms with Crippen LogP contribution in [0.5, 0.6) is 5.75 Å². The van der Waals surface area contributed by atoms with E-state index in [9.17, 15) is 9.59 Å². The van der Waals surface area contributed by atoms with Crippen molar-refractivity contribution in [3.05, 3.63) is 53.6 Å². The highest BCUT2D eigenvalue weighted by Crippen LogP contribution is 2.28. The van der Waals surface area contributed by atoms with Crippen molar-refractivity contribution < 1.29 is 14.3 Å². The molecule has 6 nitrogen and oxygen atoms in total. The van der Waals surface area contributed by atoms with E-state index in [1.807, 2.05) is 12.1 Å². The predicted molar refractivity (Wildman–Crippen MR) is 104 cm³/mol. The fourth-order valence-corrected chi connectivity index (χ4v) is 2.81. The molecule has 0 aliphatic carbocycles. The number of nitrogens with one attached hydrogen (secondary N) is 1. The van der Waals surface area contributed by atoms with Gasteiger partial charge in [-0.3, -0.25) is 9.59 Å². The minimum atomic E-state index is -0.182. The number of nitrogens with two attached hydrogens (primary N) is 1. The van der Waals surface area contributed by atoms with Crippen LogP contribution in [0.1, 0.15) is 22.3 Å². The number of nitrogens with zero attached hydrogens (tertiary/aromatic N) is 1. The highest BCUT2D eigenvalue weighted by atomic mass is 35.5. The van der Waals surface area contributed by atoms with E-state index in [0.717, 1.165) is 11.3 Å². The quantitative estimate of drug-likeness (QED) is 0.841. The van der Waals surface area contributed by atoms with Gasteiger partial charge in [0.05, 0.1) is 0 Å². The first-order valence-corrected chi connectivity index (χ1v) is 8.22. The molecule has 0 spiro atoms. The number of hydrogen-bond acceptors (Lipinski definition) is 4. The van der Waals surface area contributed by atoms with Crippen LogP contribution in [0, 0.1) is 0 Å². The van der Waals surface area contributed by atoms with E-state index in [0.29, 0.717) is 43.0 Å². The van der Waals surface area contributed by atoms with E-state index in [-0.39, 0.29) is 24.2 Å². The van der Waals surface area contributed by atoms with Gasteiger partial charge < -0.3 is 20.7 Å². The lowest BCUT2D eigenvalue weighted by atomic mass is 9.99. The minimum absolute atomic E-state index is 0. The lowest BCUT2D eigenvalue weighted by Gasteiger charge is -2.26. The summed E-state index contributed by atoms with van der Waals surface area (Å²) >= 11 is 0. The van der Waals surface area contributed by atoms with Gasteiger partial charge in [-0.05, 0) is 54.4 Å². The number of amides is 2. The maximum Gasteiger partial charge on any atom is 0.255 e. The molecule has 1 aliphatic rings. The highest BCUT2D eigenvalue weighted by Gasteiger charge is 2.21. The van der Waals surface area contributed by atoms with Crippen LogP contribution >= 0.6 is 12.4 Å². The van der Waals surface area contributed by atoms with Crippen molar-refractivity contribution in [1.82, 2.24) is 0 Å². The number of carbonyl (C=O) groups is 2. The van der Waals surface area contributed by atoms with Gasteiger partial charge in [-0.25, -0.2) is 0 Å². The zero-order valence-electron chi connectivity index (χ0n) is 14.5. The third-order valence-corrected chi connectivity index (χ3v) is 4.18. The third kappa shape index (κ3) is 4.33. The van der Waals surface area contributed by atoms with Gasteiger partial charge in [0.15, 0.2) is 0 Å². The summed E-state index contributed by atoms with van der Waals surface area (Å²) in [7, 11) is 1.76. The summed E-state index contributed by atoms with van der Waals surface area (Å²) in [6, 6.07) is 12.6. The average molecular weight is 376 g/mol. The second-order valence-electron chi connectivity index (χ2n) is 5.91. The first kappa shape index (κ1) is 19.8. The molecule has 1 heterocycles. The number of aryl methyl sites for hydroxylation is 1. The Bertz CT molecular complexity index is 793. The van der Waals surface area contributed by atoms with Gasteiger partial charge in [-0.1, -0.05) is 0 Å². The smallest absolute Gasteiger partial charge is 0.255 e. The zero-order valence-corrected chi connectivity index (χ0v) is 15.3. The van der Waals surface area contributed by atoms with E-state index in [4.69, 9.17) is 10.5 Å². The fourth-order valence-electron chi connectivity index (χ4n) is 2.81. The van der Waals surface area contributed by atoms with Crippen molar-refractivity contribution in [1.29, 1.82) is 0 Å². The molecule has 0 bridgehead atoms. The monoisotopic (exact) mass is 375 g/mol. The van der Waals surface area contributed by atoms with E-state index in [1.54, 1.807) is 42.3 Å². The highest BCUT2D eigenvalue weighted by molar-refractivity contribution is 6.05. The Hall–Kier alpha value is -2.57. The first-order valence-electron chi connectivity index (χ1n) is 8.22. The summed E-state index contributed by atoms with van der Waals surface area (Å²) in [6.45, 7) is 0.912. The van der Waals surface area contributed by atoms with Gasteiger partial charge in [0.2, 0.25) is 5.91 Å². The van der Waals surface area contributed by atoms with Gasteiger partial charge >= 0.3 is 0 Å². The normalized spacial score (nSPS) is 12.8. The van der Waals surface area contributed by atoms with Crippen LogP contribution in [0.2, 0.25) is 0 Å². The minimum Gasteiger partial charge on any atom is -0.492 e. The van der Waals surface area contributed by atoms with Crippen LogP contribution in [0.25, 0.3) is 0 Å². The van der Waals surface area contributed by atoms with E-state index in [1.165, 1.54) is 0 Å². The number of fused-ring (bicyclic) bond motifs is 1. The van der Waals surface area contributed by atoms with Gasteiger partial charge in [0.25, 0.3) is 5.91 Å². The molecule has 1 aliphatic heterocycles. The van der Waals surface area contributed by atoms with Gasteiger partial charge in [-0.2, -0.15) is 0 Å². The molecule has 7 heteroatoms. The number of halogens is 1. The Kier molecular flexibility index (Phi) is 6.60. The standard InChI is InChI=1S/C19H21N3O3.ClH/c1-22-17-8-2-14(12-13(17)3-9-18(22)23)19(24)21-15-4-6-16(7-5-15)25-11-10-20;/h2,4-8,12H,3,9-11,20H2,1H3,(H,21,24);1H. The molecule has 0 fully saturated rings. The van der Waals surface area contributed by atoms with Crippen molar-refractivity contribution >= 4 is 35.6 Å². The number of anilines is 2. The number of hydrogen-bond donors (Lipinski definition) is 2. The predicted octanol–water partition coefficient (Wildman–Crippen LogP) is 2.61. The van der Waals surface area contributed by atoms with E-state index in [2.05, 4.69) is 5.32 Å². The van der Waals surface area contributed by atoms with Crippen LogP contribution in [0.3, 0.4) is 0 Å². The lowest BCUT2D eigenvalue weighted by Crippen LogP contribution is -2.31. The number of carbonyl (C=O) groups excluding carboxylic acids is 2. The Morgan fingerprint density at radius 3 is 2.62 bits per heavy atom. The largest absolute Gasteiger partial charge is 0.492 e. The Labute approximate surface area is 158 Å². The molecule has 2 aromatic rings. The van der Waals surface area contributed by atoms with Crippen LogP contribution in [-0.2, 0) is 11.2 Å². The van der Waals surface area contributed by atoms with E-state index < -0.39 is 0 Å². The summed E-state index contributed by atoms with van der Waals surface area (Å²) in [6.07, 6.45) is 1.13. The molecule has 0 radical (unpaired) electrons. The van der Waals surface area contributed by atoms with Crippen molar-refractivity contribution in [3.63, 3.8) is 0 Å². The van der Waals surface area contributed by atoms with Crippen molar-refractivity contribution in [2.75, 3.05) is 30.4 Å². The average Bonchev–Trinajstić information content (AvgIpc) is 2.64. The number of rotatable bonds is 5. The Balaban J connectivity index is 0.00000243. The molecule has 0 atom stereocenters. The van der Waals surface area contributed by atoms with Crippen molar-refractivity contribution in [2.24, 2.45) is 5.73 Å². The Morgan fingerprint density at radius 1 is 1.19 bits per heavy atom. The lowest BCUT2D eigenvalue weighted by molar-refractivity contribution is -0.118. The molecule has 0 saturated carbocycles. The Morgan fingerprint density at radius 2 is 1.92 bits per heavy atom. The summed E-state index contributed by atoms with van der Waals surface area (Å²) in [4.78, 5) is 25.8. The fraction of sp³-hybridized carbons (Fsp3) is 0.263. The molecule has 2 amide bonds. The summed E-state index contributed by atoms with van der Waals surface area (Å²) in [5, 5.41) is 2.87. The maximum atomic E-state index is 12.5. The zero-order chi connectivity index (χ0) is 17.8. The molecular formula is C19H22ClN3O3. The second kappa shape index (κ2) is 8.69. The summed E-state index contributed by atoms with van der Waals surface area (Å²) in [5.41, 5.74) is 8.55. The first-order chi connectivity index (χ1) is 12.1. The van der Waals surface area contributed by atoms with Crippen molar-refractivity contribution in [2.45, 2.75) is 12.8 Å². The van der Waals surface area contributed by atoms with Gasteiger partial charge in [0.1, 0.15) is 12.4 Å². The van der Waals surface area contributed by atoms with Crippen LogP contribution in [0.15, 0.2) is 42.5 Å². The van der Waals surface area contributed by atoms with Gasteiger partial charge in [-0.15, -0.1) is 12.4 Å². The van der Waals surface area contributed by atoms with E-state index >= 15 is 0 Å². The van der Waals surface area contributed by atoms with Gasteiger partial charge in [0, 0.05) is 37.0 Å². The summed E-state index contributed by atoms with van der Waals surface area (Å²) in [5.74, 6) is 0.629. The third-order valence-electron chi connectivity index (χ3n) is 4.18. The molecule has 3 rings (SSSR count).